The van der Waals surface area contributed by atoms with Gasteiger partial charge in [0, 0.05) is 18.3 Å². The molecule has 0 spiro atoms. The standard InChI is InChI=1S/C12H15Cl2FN2/c1-17-4-2-3-8(7-17)16-9-5-10(13)12(15)11(14)6-9/h5-6,8,16H,2-4,7H2,1H3. The summed E-state index contributed by atoms with van der Waals surface area (Å²) < 4.78 is 13.3. The van der Waals surface area contributed by atoms with E-state index < -0.39 is 5.82 Å². The fourth-order valence-electron chi connectivity index (χ4n) is 2.16. The van der Waals surface area contributed by atoms with Gasteiger partial charge in [-0.2, -0.15) is 0 Å². The van der Waals surface area contributed by atoms with Crippen LogP contribution in [0.5, 0.6) is 0 Å². The quantitative estimate of drug-likeness (QED) is 0.830. The normalized spacial score (nSPS) is 21.5. The molecule has 1 aromatic carbocycles. The number of likely N-dealkylation sites (tertiary alicyclic amines) is 1. The first-order chi connectivity index (χ1) is 8.06. The smallest absolute Gasteiger partial charge is 0.160 e. The first kappa shape index (κ1) is 12.9. The summed E-state index contributed by atoms with van der Waals surface area (Å²) in [6.07, 6.45) is 2.27. The van der Waals surface area contributed by atoms with E-state index in [1.807, 2.05) is 0 Å². The maximum atomic E-state index is 13.3. The summed E-state index contributed by atoms with van der Waals surface area (Å²) >= 11 is 11.5. The van der Waals surface area contributed by atoms with Crippen LogP contribution in [0.1, 0.15) is 12.8 Å². The van der Waals surface area contributed by atoms with Crippen molar-refractivity contribution in [2.45, 2.75) is 18.9 Å². The highest BCUT2D eigenvalue weighted by atomic mass is 35.5. The summed E-state index contributed by atoms with van der Waals surface area (Å²) in [6.45, 7) is 2.11. The number of hydrogen-bond donors (Lipinski definition) is 1. The number of benzene rings is 1. The topological polar surface area (TPSA) is 15.3 Å². The molecule has 1 unspecified atom stereocenters. The van der Waals surface area contributed by atoms with E-state index in [9.17, 15) is 4.39 Å². The number of piperidine rings is 1. The molecule has 5 heteroatoms. The summed E-state index contributed by atoms with van der Waals surface area (Å²) in [7, 11) is 2.10. The van der Waals surface area contributed by atoms with Crippen molar-refractivity contribution in [2.75, 3.05) is 25.5 Å². The highest BCUT2D eigenvalue weighted by Crippen LogP contribution is 2.28. The van der Waals surface area contributed by atoms with Crippen LogP contribution in [0.15, 0.2) is 12.1 Å². The van der Waals surface area contributed by atoms with Crippen LogP contribution in [0.25, 0.3) is 0 Å². The van der Waals surface area contributed by atoms with Gasteiger partial charge in [-0.1, -0.05) is 23.2 Å². The molecule has 1 fully saturated rings. The van der Waals surface area contributed by atoms with Crippen LogP contribution < -0.4 is 5.32 Å². The van der Waals surface area contributed by atoms with E-state index in [2.05, 4.69) is 17.3 Å². The van der Waals surface area contributed by atoms with E-state index >= 15 is 0 Å². The van der Waals surface area contributed by atoms with Crippen molar-refractivity contribution in [3.63, 3.8) is 0 Å². The molecular formula is C12H15Cl2FN2. The molecule has 0 amide bonds. The van der Waals surface area contributed by atoms with E-state index in [1.54, 1.807) is 12.1 Å². The number of anilines is 1. The molecule has 2 rings (SSSR count). The number of nitrogens with one attached hydrogen (secondary N) is 1. The SMILES string of the molecule is CN1CCCC(Nc2cc(Cl)c(F)c(Cl)c2)C1. The van der Waals surface area contributed by atoms with Crippen LogP contribution >= 0.6 is 23.2 Å². The summed E-state index contributed by atoms with van der Waals surface area (Å²) in [5.74, 6) is -0.556. The van der Waals surface area contributed by atoms with Crippen LogP contribution in [-0.4, -0.2) is 31.1 Å². The van der Waals surface area contributed by atoms with Crippen molar-refractivity contribution in [1.82, 2.24) is 4.90 Å². The Morgan fingerprint density at radius 1 is 1.35 bits per heavy atom. The fourth-order valence-corrected chi connectivity index (χ4v) is 2.65. The zero-order valence-corrected chi connectivity index (χ0v) is 11.2. The summed E-state index contributed by atoms with van der Waals surface area (Å²) in [5, 5.41) is 3.46. The lowest BCUT2D eigenvalue weighted by molar-refractivity contribution is 0.261. The van der Waals surface area contributed by atoms with Crippen molar-refractivity contribution in [2.24, 2.45) is 0 Å². The largest absolute Gasteiger partial charge is 0.381 e. The monoisotopic (exact) mass is 276 g/mol. The molecule has 0 bridgehead atoms. The van der Waals surface area contributed by atoms with E-state index in [1.165, 1.54) is 0 Å². The fraction of sp³-hybridized carbons (Fsp3) is 0.500. The van der Waals surface area contributed by atoms with Crippen molar-refractivity contribution >= 4 is 28.9 Å². The van der Waals surface area contributed by atoms with Gasteiger partial charge >= 0.3 is 0 Å². The van der Waals surface area contributed by atoms with Gasteiger partial charge in [-0.15, -0.1) is 0 Å². The average Bonchev–Trinajstić information content (AvgIpc) is 2.26. The second kappa shape index (κ2) is 5.42. The van der Waals surface area contributed by atoms with Crippen molar-refractivity contribution < 1.29 is 4.39 Å². The second-order valence-corrected chi connectivity index (χ2v) is 5.31. The lowest BCUT2D eigenvalue weighted by Gasteiger charge is -2.31. The van der Waals surface area contributed by atoms with Crippen LogP contribution in [0.2, 0.25) is 10.0 Å². The molecular weight excluding hydrogens is 262 g/mol. The molecule has 2 nitrogen and oxygen atoms in total. The Kier molecular flexibility index (Phi) is 4.13. The third-order valence-corrected chi connectivity index (χ3v) is 3.53. The van der Waals surface area contributed by atoms with E-state index in [0.29, 0.717) is 6.04 Å². The summed E-state index contributed by atoms with van der Waals surface area (Å²) in [6, 6.07) is 3.53. The highest BCUT2D eigenvalue weighted by Gasteiger charge is 2.17. The van der Waals surface area contributed by atoms with Gasteiger partial charge in [-0.25, -0.2) is 4.39 Å². The van der Waals surface area contributed by atoms with Crippen LogP contribution in [0, 0.1) is 5.82 Å². The number of hydrogen-bond acceptors (Lipinski definition) is 2. The van der Waals surface area contributed by atoms with Gasteiger partial charge in [0.1, 0.15) is 0 Å². The van der Waals surface area contributed by atoms with Gasteiger partial charge in [-0.05, 0) is 38.6 Å². The van der Waals surface area contributed by atoms with Crippen molar-refractivity contribution in [3.05, 3.63) is 28.0 Å². The van der Waals surface area contributed by atoms with Crippen LogP contribution in [0.4, 0.5) is 10.1 Å². The Labute approximate surface area is 111 Å². The molecule has 0 aromatic heterocycles. The molecule has 94 valence electrons. The number of likely N-dealkylation sites (N-methyl/N-ethyl adjacent to an activating group) is 1. The van der Waals surface area contributed by atoms with Crippen LogP contribution in [0.3, 0.4) is 0 Å². The minimum atomic E-state index is -0.556. The molecule has 0 radical (unpaired) electrons. The number of halogens is 3. The molecule has 1 aliphatic heterocycles. The predicted molar refractivity (Wildman–Crippen MR) is 70.6 cm³/mol. The van der Waals surface area contributed by atoms with E-state index in [4.69, 9.17) is 23.2 Å². The van der Waals surface area contributed by atoms with Crippen molar-refractivity contribution in [3.8, 4) is 0 Å². The molecule has 1 atom stereocenters. The third-order valence-electron chi connectivity index (χ3n) is 2.98. The Morgan fingerprint density at radius 3 is 2.59 bits per heavy atom. The molecule has 1 heterocycles. The zero-order chi connectivity index (χ0) is 12.4. The third kappa shape index (κ3) is 3.24. The van der Waals surface area contributed by atoms with Crippen LogP contribution in [-0.2, 0) is 0 Å². The van der Waals surface area contributed by atoms with Gasteiger partial charge < -0.3 is 10.2 Å². The zero-order valence-electron chi connectivity index (χ0n) is 9.64. The molecule has 1 N–H and O–H groups in total. The van der Waals surface area contributed by atoms with Gasteiger partial charge in [0.05, 0.1) is 10.0 Å². The van der Waals surface area contributed by atoms with Gasteiger partial charge in [0.25, 0.3) is 0 Å². The molecule has 1 aliphatic rings. The molecule has 0 aliphatic carbocycles. The Bertz CT molecular complexity index is 388. The number of nitrogens with zero attached hydrogens (tertiary/aromatic N) is 1. The number of rotatable bonds is 2. The first-order valence-corrected chi connectivity index (χ1v) is 6.41. The summed E-state index contributed by atoms with van der Waals surface area (Å²) in [4.78, 5) is 2.27. The van der Waals surface area contributed by atoms with Gasteiger partial charge in [-0.3, -0.25) is 0 Å². The minimum Gasteiger partial charge on any atom is -0.381 e. The van der Waals surface area contributed by atoms with E-state index in [-0.39, 0.29) is 10.0 Å². The molecule has 17 heavy (non-hydrogen) atoms. The average molecular weight is 277 g/mol. The Hall–Kier alpha value is -0.510. The Balaban J connectivity index is 2.08. The second-order valence-electron chi connectivity index (χ2n) is 4.50. The highest BCUT2D eigenvalue weighted by molar-refractivity contribution is 6.35. The Morgan fingerprint density at radius 2 is 2.00 bits per heavy atom. The van der Waals surface area contributed by atoms with Gasteiger partial charge in [0.15, 0.2) is 5.82 Å². The molecule has 0 saturated carbocycles. The van der Waals surface area contributed by atoms with Crippen molar-refractivity contribution in [1.29, 1.82) is 0 Å². The predicted octanol–water partition coefficient (Wildman–Crippen LogP) is 3.64. The maximum absolute atomic E-state index is 13.3. The maximum Gasteiger partial charge on any atom is 0.160 e. The lowest BCUT2D eigenvalue weighted by Crippen LogP contribution is -2.39. The molecule has 1 saturated heterocycles. The molecule has 1 aromatic rings. The van der Waals surface area contributed by atoms with E-state index in [0.717, 1.165) is 31.6 Å². The van der Waals surface area contributed by atoms with Gasteiger partial charge in [0.2, 0.25) is 0 Å². The minimum absolute atomic E-state index is 0.0594. The first-order valence-electron chi connectivity index (χ1n) is 5.66. The lowest BCUT2D eigenvalue weighted by atomic mass is 10.1. The summed E-state index contributed by atoms with van der Waals surface area (Å²) in [5.41, 5.74) is 0.779.